The summed E-state index contributed by atoms with van der Waals surface area (Å²) in [6.45, 7) is 4.98. The fourth-order valence-electron chi connectivity index (χ4n) is 3.15. The molecule has 2 aromatic rings. The number of rotatable bonds is 11. The van der Waals surface area contributed by atoms with E-state index < -0.39 is 34.5 Å². The van der Waals surface area contributed by atoms with Crippen LogP contribution in [0.5, 0.6) is 0 Å². The van der Waals surface area contributed by atoms with Crippen LogP contribution in [0.25, 0.3) is 0 Å². The number of benzene rings is 2. The van der Waals surface area contributed by atoms with E-state index in [2.05, 4.69) is 5.32 Å². The molecule has 0 saturated heterocycles. The second kappa shape index (κ2) is 11.9. The van der Waals surface area contributed by atoms with Crippen LogP contribution < -0.4 is 9.62 Å². The maximum atomic E-state index is 13.5. The second-order valence-electron chi connectivity index (χ2n) is 8.27. The van der Waals surface area contributed by atoms with Gasteiger partial charge in [0, 0.05) is 26.7 Å². The van der Waals surface area contributed by atoms with Crippen LogP contribution in [-0.4, -0.2) is 62.2 Å². The van der Waals surface area contributed by atoms with Gasteiger partial charge in [-0.2, -0.15) is 12.7 Å². The molecule has 0 aliphatic rings. The first-order chi connectivity index (χ1) is 16.0. The second-order valence-corrected chi connectivity index (χ2v) is 10.3. The summed E-state index contributed by atoms with van der Waals surface area (Å²) in [6.07, 6.45) is 0.727. The molecule has 34 heavy (non-hydrogen) atoms. The van der Waals surface area contributed by atoms with Crippen molar-refractivity contribution < 1.29 is 22.4 Å². The molecule has 0 unspecified atom stereocenters. The van der Waals surface area contributed by atoms with Crippen LogP contribution >= 0.6 is 0 Å². The predicted octanol–water partition coefficient (Wildman–Crippen LogP) is 2.77. The zero-order chi connectivity index (χ0) is 25.5. The van der Waals surface area contributed by atoms with Crippen molar-refractivity contribution in [3.05, 3.63) is 66.0 Å². The highest BCUT2D eigenvalue weighted by molar-refractivity contribution is 7.90. The summed E-state index contributed by atoms with van der Waals surface area (Å²) < 4.78 is 41.4. The Bertz CT molecular complexity index is 1060. The van der Waals surface area contributed by atoms with Crippen molar-refractivity contribution in [2.75, 3.05) is 24.9 Å². The Kier molecular flexibility index (Phi) is 9.57. The zero-order valence-electron chi connectivity index (χ0n) is 20.2. The number of hydrogen-bond acceptors (Lipinski definition) is 4. The lowest BCUT2D eigenvalue weighted by atomic mass is 10.1. The molecule has 2 atom stereocenters. The maximum absolute atomic E-state index is 13.5. The van der Waals surface area contributed by atoms with Gasteiger partial charge in [-0.15, -0.1) is 0 Å². The molecule has 2 rings (SSSR count). The molecule has 2 amide bonds. The summed E-state index contributed by atoms with van der Waals surface area (Å²) in [4.78, 5) is 27.7. The van der Waals surface area contributed by atoms with Crippen molar-refractivity contribution in [2.24, 2.45) is 0 Å². The molecule has 0 aliphatic heterocycles. The third-order valence-electron chi connectivity index (χ3n) is 5.50. The van der Waals surface area contributed by atoms with Crippen molar-refractivity contribution in [1.82, 2.24) is 14.5 Å². The van der Waals surface area contributed by atoms with E-state index in [1.165, 1.54) is 31.1 Å². The fraction of sp³-hybridized carbons (Fsp3) is 0.417. The molecule has 186 valence electrons. The van der Waals surface area contributed by atoms with E-state index in [4.69, 9.17) is 0 Å². The van der Waals surface area contributed by atoms with Crippen LogP contribution in [0, 0.1) is 5.82 Å². The molecule has 0 radical (unpaired) electrons. The molecule has 0 bridgehead atoms. The molecule has 0 aliphatic carbocycles. The maximum Gasteiger partial charge on any atom is 0.304 e. The van der Waals surface area contributed by atoms with E-state index in [0.29, 0.717) is 0 Å². The molecular weight excluding hydrogens is 459 g/mol. The highest BCUT2D eigenvalue weighted by atomic mass is 32.2. The molecule has 0 aromatic heterocycles. The van der Waals surface area contributed by atoms with E-state index in [1.807, 2.05) is 44.2 Å². The summed E-state index contributed by atoms with van der Waals surface area (Å²) in [5, 5.41) is 2.88. The normalized spacial score (nSPS) is 13.3. The van der Waals surface area contributed by atoms with Gasteiger partial charge in [-0.05, 0) is 50.1 Å². The van der Waals surface area contributed by atoms with Crippen LogP contribution in [-0.2, 0) is 26.3 Å². The third-order valence-corrected chi connectivity index (χ3v) is 7.32. The topological polar surface area (TPSA) is 90.0 Å². The predicted molar refractivity (Wildman–Crippen MR) is 131 cm³/mol. The number of hydrogen-bond donors (Lipinski definition) is 1. The van der Waals surface area contributed by atoms with Crippen LogP contribution in [0.3, 0.4) is 0 Å². The summed E-state index contributed by atoms with van der Waals surface area (Å²) >= 11 is 0. The van der Waals surface area contributed by atoms with Crippen molar-refractivity contribution in [3.8, 4) is 0 Å². The van der Waals surface area contributed by atoms with Crippen LogP contribution in [0.1, 0.15) is 32.8 Å². The number of nitrogens with zero attached hydrogens (tertiary/aromatic N) is 3. The van der Waals surface area contributed by atoms with Crippen molar-refractivity contribution in [2.45, 2.75) is 45.8 Å². The van der Waals surface area contributed by atoms with Crippen LogP contribution in [0.2, 0.25) is 0 Å². The zero-order valence-corrected chi connectivity index (χ0v) is 21.0. The molecule has 10 heteroatoms. The number of halogens is 1. The van der Waals surface area contributed by atoms with Gasteiger partial charge in [0.15, 0.2) is 0 Å². The Morgan fingerprint density at radius 3 is 2.12 bits per heavy atom. The number of carbonyl (C=O) groups excluding carboxylic acids is 2. The van der Waals surface area contributed by atoms with E-state index >= 15 is 0 Å². The molecule has 1 N–H and O–H groups in total. The van der Waals surface area contributed by atoms with Gasteiger partial charge in [0.05, 0.1) is 5.69 Å². The van der Waals surface area contributed by atoms with Gasteiger partial charge in [0.1, 0.15) is 18.4 Å². The molecule has 2 aromatic carbocycles. The smallest absolute Gasteiger partial charge is 0.304 e. The number of carbonyl (C=O) groups is 2. The van der Waals surface area contributed by atoms with Gasteiger partial charge in [-0.1, -0.05) is 37.3 Å². The van der Waals surface area contributed by atoms with Crippen LogP contribution in [0.4, 0.5) is 10.1 Å². The monoisotopic (exact) mass is 492 g/mol. The molecule has 0 fully saturated rings. The highest BCUT2D eigenvalue weighted by Crippen LogP contribution is 2.21. The quantitative estimate of drug-likeness (QED) is 0.522. The molecule has 0 saturated carbocycles. The lowest BCUT2D eigenvalue weighted by Gasteiger charge is -2.33. The number of anilines is 1. The van der Waals surface area contributed by atoms with Gasteiger partial charge in [0.2, 0.25) is 11.8 Å². The minimum atomic E-state index is -4.08. The summed E-state index contributed by atoms with van der Waals surface area (Å²) in [5.74, 6) is -1.42. The Hall–Kier alpha value is -2.98. The summed E-state index contributed by atoms with van der Waals surface area (Å²) in [6, 6.07) is 13.1. The molecular formula is C24H33FN4O4S. The Morgan fingerprint density at radius 1 is 1.00 bits per heavy atom. The first-order valence-electron chi connectivity index (χ1n) is 11.1. The first-order valence-corrected chi connectivity index (χ1v) is 12.5. The minimum Gasteiger partial charge on any atom is -0.352 e. The van der Waals surface area contributed by atoms with Crippen LogP contribution in [0.15, 0.2) is 54.6 Å². The summed E-state index contributed by atoms with van der Waals surface area (Å²) in [5.41, 5.74) is 0.933. The number of amides is 2. The van der Waals surface area contributed by atoms with Crippen molar-refractivity contribution >= 4 is 27.7 Å². The number of nitrogens with one attached hydrogen (secondary N) is 1. The lowest BCUT2D eigenvalue weighted by Crippen LogP contribution is -2.53. The lowest BCUT2D eigenvalue weighted by molar-refractivity contribution is -0.139. The average molecular weight is 493 g/mol. The molecule has 8 nitrogen and oxygen atoms in total. The van der Waals surface area contributed by atoms with Gasteiger partial charge < -0.3 is 10.2 Å². The highest BCUT2D eigenvalue weighted by Gasteiger charge is 2.32. The molecule has 0 heterocycles. The largest absolute Gasteiger partial charge is 0.352 e. The Morgan fingerprint density at radius 2 is 1.59 bits per heavy atom. The van der Waals surface area contributed by atoms with E-state index in [9.17, 15) is 22.4 Å². The minimum absolute atomic E-state index is 0.0755. The van der Waals surface area contributed by atoms with Gasteiger partial charge in [0.25, 0.3) is 0 Å². The van der Waals surface area contributed by atoms with E-state index in [-0.39, 0.29) is 24.2 Å². The van der Waals surface area contributed by atoms with Gasteiger partial charge >= 0.3 is 10.2 Å². The fourth-order valence-corrected chi connectivity index (χ4v) is 4.21. The summed E-state index contributed by atoms with van der Waals surface area (Å²) in [7, 11) is -1.38. The average Bonchev–Trinajstić information content (AvgIpc) is 2.81. The Balaban J connectivity index is 2.41. The first kappa shape index (κ1) is 27.3. The third kappa shape index (κ3) is 7.01. The SMILES string of the molecule is CC[C@H](C)NC(=O)[C@H](C)N(Cc1ccccc1)C(=O)CN(c1ccc(F)cc1)S(=O)(=O)N(C)C. The standard InChI is InChI=1S/C24H33FN4O4S/c1-6-18(2)26-24(31)19(3)28(16-20-10-8-7-9-11-20)23(30)17-29(34(32,33)27(4)5)22-14-12-21(25)13-15-22/h7-15,18-19H,6,16-17H2,1-5H3,(H,26,31)/t18-,19-/m0/s1. The van der Waals surface area contributed by atoms with E-state index in [1.54, 1.807) is 6.92 Å². The molecule has 0 spiro atoms. The van der Waals surface area contributed by atoms with Crippen molar-refractivity contribution in [3.63, 3.8) is 0 Å². The van der Waals surface area contributed by atoms with E-state index in [0.717, 1.165) is 32.7 Å². The van der Waals surface area contributed by atoms with Gasteiger partial charge in [-0.3, -0.25) is 9.59 Å². The Labute approximate surface area is 201 Å². The van der Waals surface area contributed by atoms with Gasteiger partial charge in [-0.25, -0.2) is 8.70 Å². The van der Waals surface area contributed by atoms with Crippen molar-refractivity contribution in [1.29, 1.82) is 0 Å².